The number of thioether (sulfide) groups is 1. The first-order valence-corrected chi connectivity index (χ1v) is 4.59. The Bertz CT molecular complexity index is 295. The average molecular weight is 246 g/mol. The van der Waals surface area contributed by atoms with Crippen LogP contribution in [0.1, 0.15) is 0 Å². The summed E-state index contributed by atoms with van der Waals surface area (Å²) in [5.74, 6) is -0.104. The Morgan fingerprint density at radius 3 is 2.29 bits per heavy atom. The third kappa shape index (κ3) is 5.67. The Kier molecular flexibility index (Phi) is 6.84. The molecule has 0 bridgehead atoms. The van der Waals surface area contributed by atoms with Crippen LogP contribution in [0.2, 0.25) is 0 Å². The number of rotatable bonds is 3. The van der Waals surface area contributed by atoms with Crippen molar-refractivity contribution in [3.8, 4) is 5.75 Å². The molecule has 1 rings (SSSR count). The van der Waals surface area contributed by atoms with Crippen LogP contribution in [-0.2, 0) is 0 Å². The minimum atomic E-state index is -4.79. The third-order valence-corrected chi connectivity index (χ3v) is 2.49. The van der Waals surface area contributed by atoms with Crippen LogP contribution in [0.15, 0.2) is 29.2 Å². The predicted octanol–water partition coefficient (Wildman–Crippen LogP) is -0.125. The van der Waals surface area contributed by atoms with Crippen molar-refractivity contribution >= 4 is 18.7 Å². The van der Waals surface area contributed by atoms with E-state index in [1.54, 1.807) is 12.1 Å². The first-order chi connectivity index (χ1) is 5.99. The van der Waals surface area contributed by atoms with Gasteiger partial charge in [0.2, 0.25) is 0 Å². The molecule has 0 aliphatic rings. The number of aromatic hydroxyl groups is 1. The summed E-state index contributed by atoms with van der Waals surface area (Å²) in [5.41, 5.74) is -0.919. The summed E-state index contributed by atoms with van der Waals surface area (Å²) in [6, 6.07) is 5.98. The molecular formula is C7H7BF3KOS. The summed E-state index contributed by atoms with van der Waals surface area (Å²) in [6.07, 6.45) is 0. The zero-order valence-corrected chi connectivity index (χ0v) is 11.5. The van der Waals surface area contributed by atoms with E-state index < -0.39 is 12.6 Å². The molecule has 0 radical (unpaired) electrons. The van der Waals surface area contributed by atoms with E-state index in [1.165, 1.54) is 12.1 Å². The first-order valence-electron chi connectivity index (χ1n) is 3.61. The Morgan fingerprint density at radius 2 is 1.79 bits per heavy atom. The number of phenols is 1. The number of phenolic OH excluding ortho intramolecular Hbond substituents is 1. The predicted molar refractivity (Wildman–Crippen MR) is 47.9 cm³/mol. The van der Waals surface area contributed by atoms with Gasteiger partial charge in [0.15, 0.2) is 0 Å². The van der Waals surface area contributed by atoms with Gasteiger partial charge in [-0.2, -0.15) is 11.8 Å². The summed E-state index contributed by atoms with van der Waals surface area (Å²) in [5, 5.41) is 9.13. The number of para-hydroxylation sites is 1. The van der Waals surface area contributed by atoms with Gasteiger partial charge in [-0.1, -0.05) is 12.1 Å². The Labute approximate surface area is 127 Å². The van der Waals surface area contributed by atoms with Crippen molar-refractivity contribution in [3.63, 3.8) is 0 Å². The van der Waals surface area contributed by atoms with Gasteiger partial charge in [-0.3, -0.25) is 0 Å². The molecule has 0 fully saturated rings. The molecule has 0 saturated heterocycles. The van der Waals surface area contributed by atoms with Gasteiger partial charge in [0.1, 0.15) is 5.75 Å². The molecule has 0 atom stereocenters. The smallest absolute Gasteiger partial charge is 0.507 e. The summed E-state index contributed by atoms with van der Waals surface area (Å²) < 4.78 is 35.5. The minimum absolute atomic E-state index is 0. The molecule has 1 aromatic rings. The van der Waals surface area contributed by atoms with Crippen molar-refractivity contribution in [2.75, 3.05) is 5.65 Å². The van der Waals surface area contributed by atoms with E-state index in [1.807, 2.05) is 0 Å². The molecule has 1 aromatic carbocycles. The fourth-order valence-electron chi connectivity index (χ4n) is 0.763. The Balaban J connectivity index is 0.00000169. The Hall–Kier alpha value is 0.861. The molecule has 1 nitrogen and oxygen atoms in total. The second kappa shape index (κ2) is 6.45. The van der Waals surface area contributed by atoms with E-state index >= 15 is 0 Å². The zero-order valence-electron chi connectivity index (χ0n) is 7.58. The van der Waals surface area contributed by atoms with Crippen LogP contribution in [0.25, 0.3) is 0 Å². The fourth-order valence-corrected chi connectivity index (χ4v) is 1.52. The molecule has 1 N–H and O–H groups in total. The number of benzene rings is 1. The van der Waals surface area contributed by atoms with Gasteiger partial charge in [0, 0.05) is 4.90 Å². The van der Waals surface area contributed by atoms with Crippen LogP contribution < -0.4 is 51.4 Å². The minimum Gasteiger partial charge on any atom is -0.507 e. The van der Waals surface area contributed by atoms with Crippen LogP contribution >= 0.6 is 11.8 Å². The summed E-state index contributed by atoms with van der Waals surface area (Å²) in [4.78, 5) is 0.265. The summed E-state index contributed by atoms with van der Waals surface area (Å²) in [7, 11) is 0. The molecule has 0 aliphatic heterocycles. The normalized spacial score (nSPS) is 10.8. The van der Waals surface area contributed by atoms with Crippen LogP contribution in [-0.4, -0.2) is 17.7 Å². The molecule has 0 spiro atoms. The van der Waals surface area contributed by atoms with Crippen LogP contribution in [0.4, 0.5) is 12.9 Å². The van der Waals surface area contributed by atoms with Crippen LogP contribution in [0.5, 0.6) is 5.75 Å². The zero-order chi connectivity index (χ0) is 9.90. The maximum Gasteiger partial charge on any atom is 1.00 e. The molecule has 0 aromatic heterocycles. The third-order valence-electron chi connectivity index (χ3n) is 1.29. The SMILES string of the molecule is Oc1ccccc1SC[B-](F)(F)F.[K+]. The second-order valence-electron chi connectivity index (χ2n) is 2.49. The monoisotopic (exact) mass is 246 g/mol. The van der Waals surface area contributed by atoms with Gasteiger partial charge in [0.05, 0.1) is 0 Å². The molecule has 72 valence electrons. The number of hydrogen-bond acceptors (Lipinski definition) is 2. The quantitative estimate of drug-likeness (QED) is 0.592. The topological polar surface area (TPSA) is 20.2 Å². The standard InChI is InChI=1S/C7H7BF3OS.K/c9-8(10,11)5-13-7-4-2-1-3-6(7)12;/h1-4,12H,5H2;/q-1;+1. The van der Waals surface area contributed by atoms with Crippen molar-refractivity contribution in [1.29, 1.82) is 0 Å². The van der Waals surface area contributed by atoms with E-state index in [-0.39, 0.29) is 62.0 Å². The Morgan fingerprint density at radius 1 is 1.21 bits per heavy atom. The van der Waals surface area contributed by atoms with Crippen molar-refractivity contribution in [2.45, 2.75) is 4.90 Å². The van der Waals surface area contributed by atoms with E-state index in [4.69, 9.17) is 5.11 Å². The molecule has 0 amide bonds. The van der Waals surface area contributed by atoms with Gasteiger partial charge in [-0.25, -0.2) is 0 Å². The number of halogens is 3. The average Bonchev–Trinajstić information content (AvgIpc) is 2.01. The molecule has 0 aliphatic carbocycles. The van der Waals surface area contributed by atoms with E-state index in [0.29, 0.717) is 11.8 Å². The van der Waals surface area contributed by atoms with Crippen molar-refractivity contribution in [1.82, 2.24) is 0 Å². The van der Waals surface area contributed by atoms with Crippen LogP contribution in [0, 0.1) is 0 Å². The van der Waals surface area contributed by atoms with Gasteiger partial charge in [-0.15, -0.1) is 0 Å². The molecule has 14 heavy (non-hydrogen) atoms. The molecule has 0 heterocycles. The van der Waals surface area contributed by atoms with Gasteiger partial charge >= 0.3 is 58.4 Å². The first kappa shape index (κ1) is 14.9. The van der Waals surface area contributed by atoms with E-state index in [9.17, 15) is 12.9 Å². The number of hydrogen-bond donors (Lipinski definition) is 1. The summed E-state index contributed by atoms with van der Waals surface area (Å²) >= 11 is 0.607. The van der Waals surface area contributed by atoms with Gasteiger partial charge in [-0.05, 0) is 17.8 Å². The van der Waals surface area contributed by atoms with E-state index in [0.717, 1.165) is 0 Å². The van der Waals surface area contributed by atoms with Crippen molar-refractivity contribution in [2.24, 2.45) is 0 Å². The van der Waals surface area contributed by atoms with Crippen molar-refractivity contribution < 1.29 is 69.4 Å². The van der Waals surface area contributed by atoms with Crippen molar-refractivity contribution in [3.05, 3.63) is 24.3 Å². The summed E-state index contributed by atoms with van der Waals surface area (Å²) in [6.45, 7) is -4.79. The molecule has 7 heteroatoms. The van der Waals surface area contributed by atoms with Crippen LogP contribution in [0.3, 0.4) is 0 Å². The fraction of sp³-hybridized carbons (Fsp3) is 0.143. The largest absolute Gasteiger partial charge is 1.00 e. The second-order valence-corrected chi connectivity index (χ2v) is 3.55. The van der Waals surface area contributed by atoms with E-state index in [2.05, 4.69) is 0 Å². The van der Waals surface area contributed by atoms with Gasteiger partial charge in [0.25, 0.3) is 0 Å². The molecule has 0 unspecified atom stereocenters. The molecule has 0 saturated carbocycles. The maximum atomic E-state index is 11.8. The van der Waals surface area contributed by atoms with Gasteiger partial charge < -0.3 is 18.1 Å². The molecular weight excluding hydrogens is 239 g/mol. The maximum absolute atomic E-state index is 11.8.